The molecule has 1 aromatic heterocycles. The lowest BCUT2D eigenvalue weighted by Crippen LogP contribution is -2.31. The van der Waals surface area contributed by atoms with E-state index in [1.54, 1.807) is 0 Å². The molecule has 4 rings (SSSR count). The van der Waals surface area contributed by atoms with Gasteiger partial charge in [0.1, 0.15) is 7.05 Å². The highest BCUT2D eigenvalue weighted by Crippen LogP contribution is 2.40. The van der Waals surface area contributed by atoms with E-state index in [9.17, 15) is 0 Å². The molecule has 0 bridgehead atoms. The lowest BCUT2D eigenvalue weighted by Gasteiger charge is -2.22. The average Bonchev–Trinajstić information content (AvgIpc) is 2.67. The summed E-state index contributed by atoms with van der Waals surface area (Å²) in [6, 6.07) is 18.8. The van der Waals surface area contributed by atoms with E-state index in [-0.39, 0.29) is 10.8 Å². The summed E-state index contributed by atoms with van der Waals surface area (Å²) in [5, 5.41) is 2.65. The number of fused-ring (bicyclic) bond motifs is 2. The van der Waals surface area contributed by atoms with E-state index in [2.05, 4.69) is 122 Å². The van der Waals surface area contributed by atoms with Crippen molar-refractivity contribution in [3.05, 3.63) is 76.3 Å². The third-order valence-corrected chi connectivity index (χ3v) is 6.92. The summed E-state index contributed by atoms with van der Waals surface area (Å²) in [7, 11) is 2.22. The van der Waals surface area contributed by atoms with Crippen LogP contribution in [0.2, 0.25) is 0 Å². The minimum Gasteiger partial charge on any atom is -0.194 e. The summed E-state index contributed by atoms with van der Waals surface area (Å²) in [5.74, 6) is 0. The quantitative estimate of drug-likeness (QED) is 0.215. The molecule has 4 aromatic rings. The lowest BCUT2D eigenvalue weighted by molar-refractivity contribution is -0.617. The first-order chi connectivity index (χ1) is 14.8. The molecule has 1 heterocycles. The smallest absolute Gasteiger partial charge is 0.194 e. The molecular weight excluding hydrogens is 386 g/mol. The zero-order chi connectivity index (χ0) is 23.6. The second kappa shape index (κ2) is 7.44. The molecule has 0 fully saturated rings. The van der Waals surface area contributed by atoms with Gasteiger partial charge in [0.15, 0.2) is 0 Å². The normalized spacial score (nSPS) is 12.7. The predicted molar refractivity (Wildman–Crippen MR) is 140 cm³/mol. The van der Waals surface area contributed by atoms with Gasteiger partial charge in [-0.3, -0.25) is 0 Å². The van der Waals surface area contributed by atoms with Crippen LogP contribution in [0.1, 0.15) is 69.4 Å². The Labute approximate surface area is 194 Å². The molecule has 0 aliphatic rings. The Kier molecular flexibility index (Phi) is 5.24. The first-order valence-corrected chi connectivity index (χ1v) is 11.8. The van der Waals surface area contributed by atoms with E-state index in [1.807, 2.05) is 0 Å². The van der Waals surface area contributed by atoms with Gasteiger partial charge in [-0.25, -0.2) is 0 Å². The summed E-state index contributed by atoms with van der Waals surface area (Å²) < 4.78 is 2.40. The van der Waals surface area contributed by atoms with Gasteiger partial charge in [-0.1, -0.05) is 71.4 Å². The third-order valence-electron chi connectivity index (χ3n) is 6.92. The SMILES string of the molecule is Cc1cc(C)c(-c2c3ccc(C(C)(C)C)cc3[n+](C)c3cc(C(C)(C)C)ccc23)c(C)c1. The maximum atomic E-state index is 2.40. The van der Waals surface area contributed by atoms with Crippen molar-refractivity contribution in [1.29, 1.82) is 0 Å². The van der Waals surface area contributed by atoms with Crippen LogP contribution in [0.15, 0.2) is 48.5 Å². The molecule has 0 N–H and O–H groups in total. The van der Waals surface area contributed by atoms with Gasteiger partial charge in [0.05, 0.1) is 10.8 Å². The number of hydrogen-bond acceptors (Lipinski definition) is 0. The van der Waals surface area contributed by atoms with Crippen LogP contribution in [0, 0.1) is 20.8 Å². The minimum atomic E-state index is 0.110. The minimum absolute atomic E-state index is 0.110. The molecule has 166 valence electrons. The molecule has 1 heteroatoms. The van der Waals surface area contributed by atoms with E-state index in [0.717, 1.165) is 0 Å². The third kappa shape index (κ3) is 3.72. The van der Waals surface area contributed by atoms with Gasteiger partial charge in [0.25, 0.3) is 0 Å². The molecule has 0 atom stereocenters. The highest BCUT2D eigenvalue weighted by atomic mass is 14.9. The number of hydrogen-bond donors (Lipinski definition) is 0. The van der Waals surface area contributed by atoms with Crippen LogP contribution in [0.4, 0.5) is 0 Å². The molecule has 0 aliphatic heterocycles. The van der Waals surface area contributed by atoms with Gasteiger partial charge in [0.2, 0.25) is 11.0 Å². The van der Waals surface area contributed by atoms with Gasteiger partial charge in [-0.15, -0.1) is 0 Å². The zero-order valence-electron chi connectivity index (χ0n) is 21.6. The van der Waals surface area contributed by atoms with Crippen molar-refractivity contribution >= 4 is 21.8 Å². The Morgan fingerprint density at radius 1 is 0.562 bits per heavy atom. The second-order valence-corrected chi connectivity index (χ2v) is 11.7. The van der Waals surface area contributed by atoms with Crippen LogP contribution >= 0.6 is 0 Å². The van der Waals surface area contributed by atoms with Crippen molar-refractivity contribution in [2.75, 3.05) is 0 Å². The summed E-state index contributed by atoms with van der Waals surface area (Å²) in [4.78, 5) is 0. The maximum absolute atomic E-state index is 2.40. The van der Waals surface area contributed by atoms with Crippen LogP contribution < -0.4 is 4.57 Å². The molecule has 0 spiro atoms. The Morgan fingerprint density at radius 3 is 1.34 bits per heavy atom. The summed E-state index contributed by atoms with van der Waals surface area (Å²) in [5.41, 5.74) is 12.3. The topological polar surface area (TPSA) is 3.88 Å². The number of aromatic nitrogens is 1. The van der Waals surface area contributed by atoms with Gasteiger partial charge >= 0.3 is 0 Å². The number of benzene rings is 3. The zero-order valence-corrected chi connectivity index (χ0v) is 21.6. The molecule has 32 heavy (non-hydrogen) atoms. The van der Waals surface area contributed by atoms with Crippen molar-refractivity contribution in [3.63, 3.8) is 0 Å². The Balaban J connectivity index is 2.24. The summed E-state index contributed by atoms with van der Waals surface area (Å²) in [6.45, 7) is 20.5. The molecular formula is C31H38N+. The Hall–Kier alpha value is -2.67. The van der Waals surface area contributed by atoms with Gasteiger partial charge in [0, 0.05) is 17.7 Å². The molecule has 3 aromatic carbocycles. The Morgan fingerprint density at radius 2 is 0.969 bits per heavy atom. The van der Waals surface area contributed by atoms with Crippen molar-refractivity contribution in [2.24, 2.45) is 7.05 Å². The van der Waals surface area contributed by atoms with E-state index in [1.165, 1.54) is 60.8 Å². The van der Waals surface area contributed by atoms with Crippen LogP contribution in [-0.4, -0.2) is 0 Å². The molecule has 0 saturated carbocycles. The fourth-order valence-electron chi connectivity index (χ4n) is 5.09. The molecule has 0 saturated heterocycles. The Bertz CT molecular complexity index is 1260. The van der Waals surface area contributed by atoms with Crippen molar-refractivity contribution in [3.8, 4) is 11.1 Å². The van der Waals surface area contributed by atoms with E-state index in [4.69, 9.17) is 0 Å². The first kappa shape index (κ1) is 22.5. The fraction of sp³-hybridized carbons (Fsp3) is 0.387. The average molecular weight is 425 g/mol. The van der Waals surface area contributed by atoms with Crippen molar-refractivity contribution in [2.45, 2.75) is 73.1 Å². The molecule has 0 amide bonds. The largest absolute Gasteiger partial charge is 0.213 e. The van der Waals surface area contributed by atoms with E-state index in [0.29, 0.717) is 0 Å². The van der Waals surface area contributed by atoms with Gasteiger partial charge in [-0.05, 0) is 71.6 Å². The van der Waals surface area contributed by atoms with Crippen LogP contribution in [0.25, 0.3) is 32.9 Å². The fourth-order valence-corrected chi connectivity index (χ4v) is 5.09. The highest BCUT2D eigenvalue weighted by Gasteiger charge is 2.25. The maximum Gasteiger partial charge on any atom is 0.213 e. The molecule has 0 aliphatic carbocycles. The number of nitrogens with zero attached hydrogens (tertiary/aromatic N) is 1. The van der Waals surface area contributed by atoms with Crippen LogP contribution in [-0.2, 0) is 17.9 Å². The number of pyridine rings is 1. The molecule has 1 nitrogen and oxygen atoms in total. The summed E-state index contributed by atoms with van der Waals surface area (Å²) in [6.07, 6.45) is 0. The number of rotatable bonds is 1. The van der Waals surface area contributed by atoms with Gasteiger partial charge < -0.3 is 0 Å². The predicted octanol–water partition coefficient (Wildman–Crippen LogP) is 8.00. The highest BCUT2D eigenvalue weighted by molar-refractivity contribution is 6.08. The monoisotopic (exact) mass is 424 g/mol. The van der Waals surface area contributed by atoms with Gasteiger partial charge in [-0.2, -0.15) is 4.57 Å². The first-order valence-electron chi connectivity index (χ1n) is 11.8. The van der Waals surface area contributed by atoms with Crippen molar-refractivity contribution < 1.29 is 4.57 Å². The molecule has 0 radical (unpaired) electrons. The van der Waals surface area contributed by atoms with E-state index < -0.39 is 0 Å². The lowest BCUT2D eigenvalue weighted by atomic mass is 9.83. The molecule has 0 unspecified atom stereocenters. The van der Waals surface area contributed by atoms with Crippen LogP contribution in [0.3, 0.4) is 0 Å². The van der Waals surface area contributed by atoms with Crippen molar-refractivity contribution in [1.82, 2.24) is 0 Å². The standard InChI is InChI=1S/C31H38N/c1-19-15-20(2)28(21(3)16-19)29-24-13-11-22(30(4,5)6)17-26(24)32(10)27-18-23(31(7,8)9)12-14-25(27)29/h11-18H,1-10H3/q+1. The van der Waals surface area contributed by atoms with Crippen LogP contribution in [0.5, 0.6) is 0 Å². The van der Waals surface area contributed by atoms with E-state index >= 15 is 0 Å². The summed E-state index contributed by atoms with van der Waals surface area (Å²) >= 11 is 0. The second-order valence-electron chi connectivity index (χ2n) is 11.7. The number of aryl methyl sites for hydroxylation is 4.